The van der Waals surface area contributed by atoms with E-state index in [4.69, 9.17) is 9.47 Å². The molecule has 2 aliphatic heterocycles. The average Bonchev–Trinajstić information content (AvgIpc) is 3.08. The lowest BCUT2D eigenvalue weighted by molar-refractivity contribution is 0.0837. The second-order valence-electron chi connectivity index (χ2n) is 4.07. The molecule has 1 aliphatic carbocycles. The van der Waals surface area contributed by atoms with Crippen molar-refractivity contribution < 1.29 is 14.3 Å². The van der Waals surface area contributed by atoms with Crippen LogP contribution in [0.25, 0.3) is 0 Å². The monoisotopic (exact) mass is 188 g/mol. The van der Waals surface area contributed by atoms with E-state index in [1.165, 1.54) is 0 Å². The maximum Gasteiger partial charge on any atom is 0.200 e. The van der Waals surface area contributed by atoms with Gasteiger partial charge in [-0.15, -0.1) is 0 Å². The Morgan fingerprint density at radius 2 is 2.14 bits per heavy atom. The summed E-state index contributed by atoms with van der Waals surface area (Å²) in [5.41, 5.74) is 1.21. The number of rotatable bonds is 0. The molecule has 3 atom stereocenters. The van der Waals surface area contributed by atoms with Crippen LogP contribution in [0.3, 0.4) is 0 Å². The Hall–Kier alpha value is -1.19. The SMILES string of the molecule is O=C1c2ccccc2C2OC2C12CO2. The lowest BCUT2D eigenvalue weighted by atomic mass is 9.83. The van der Waals surface area contributed by atoms with E-state index in [1.54, 1.807) is 0 Å². The lowest BCUT2D eigenvalue weighted by Crippen LogP contribution is -2.35. The van der Waals surface area contributed by atoms with Crippen LogP contribution in [-0.2, 0) is 9.47 Å². The van der Waals surface area contributed by atoms with Gasteiger partial charge in [0.1, 0.15) is 12.2 Å². The standard InChI is InChI=1S/C11H8O3/c12-9-7-4-2-1-3-6(7)8-10(14-8)11(9)5-13-11/h1-4,8,10H,5H2. The van der Waals surface area contributed by atoms with Crippen LogP contribution in [0.1, 0.15) is 22.0 Å². The van der Waals surface area contributed by atoms with Gasteiger partial charge < -0.3 is 9.47 Å². The zero-order valence-corrected chi connectivity index (χ0v) is 7.40. The van der Waals surface area contributed by atoms with Gasteiger partial charge in [-0.3, -0.25) is 4.79 Å². The zero-order chi connectivity index (χ0) is 9.34. The highest BCUT2D eigenvalue weighted by atomic mass is 16.7. The van der Waals surface area contributed by atoms with E-state index in [0.29, 0.717) is 6.61 Å². The van der Waals surface area contributed by atoms with Crippen molar-refractivity contribution in [1.82, 2.24) is 0 Å². The Balaban J connectivity index is 1.98. The van der Waals surface area contributed by atoms with Crippen molar-refractivity contribution in [2.45, 2.75) is 17.8 Å². The van der Waals surface area contributed by atoms with E-state index in [0.717, 1.165) is 11.1 Å². The lowest BCUT2D eigenvalue weighted by Gasteiger charge is -2.15. The van der Waals surface area contributed by atoms with Crippen LogP contribution >= 0.6 is 0 Å². The van der Waals surface area contributed by atoms with Crippen molar-refractivity contribution in [3.05, 3.63) is 35.4 Å². The zero-order valence-electron chi connectivity index (χ0n) is 7.40. The molecule has 70 valence electrons. The van der Waals surface area contributed by atoms with Crippen molar-refractivity contribution in [3.8, 4) is 0 Å². The van der Waals surface area contributed by atoms with Crippen molar-refractivity contribution in [1.29, 1.82) is 0 Å². The fourth-order valence-corrected chi connectivity index (χ4v) is 2.39. The summed E-state index contributed by atoms with van der Waals surface area (Å²) in [6, 6.07) is 7.65. The number of Topliss-reactive ketones (excluding diaryl/α,β-unsaturated/α-hetero) is 1. The van der Waals surface area contributed by atoms with Gasteiger partial charge in [-0.2, -0.15) is 0 Å². The van der Waals surface area contributed by atoms with Crippen molar-refractivity contribution in [2.24, 2.45) is 0 Å². The van der Waals surface area contributed by atoms with Gasteiger partial charge in [0.25, 0.3) is 0 Å². The molecule has 0 aromatic heterocycles. The van der Waals surface area contributed by atoms with Gasteiger partial charge in [0.15, 0.2) is 11.4 Å². The van der Waals surface area contributed by atoms with Crippen LogP contribution in [0.5, 0.6) is 0 Å². The molecular weight excluding hydrogens is 180 g/mol. The molecule has 0 bridgehead atoms. The van der Waals surface area contributed by atoms with Crippen LogP contribution < -0.4 is 0 Å². The maximum absolute atomic E-state index is 12.0. The summed E-state index contributed by atoms with van der Waals surface area (Å²) in [4.78, 5) is 12.0. The minimum atomic E-state index is -0.598. The van der Waals surface area contributed by atoms with E-state index < -0.39 is 5.60 Å². The number of fused-ring (bicyclic) bond motifs is 4. The molecule has 14 heavy (non-hydrogen) atoms. The van der Waals surface area contributed by atoms with E-state index >= 15 is 0 Å². The molecule has 3 unspecified atom stereocenters. The molecule has 2 heterocycles. The van der Waals surface area contributed by atoms with Gasteiger partial charge in [0.05, 0.1) is 6.61 Å². The largest absolute Gasteiger partial charge is 0.361 e. The molecule has 2 fully saturated rings. The Kier molecular flexibility index (Phi) is 0.980. The van der Waals surface area contributed by atoms with Gasteiger partial charge >= 0.3 is 0 Å². The third kappa shape index (κ3) is 0.625. The first-order valence-electron chi connectivity index (χ1n) is 4.76. The van der Waals surface area contributed by atoms with Gasteiger partial charge in [-0.25, -0.2) is 0 Å². The summed E-state index contributed by atoms with van der Waals surface area (Å²) in [5, 5.41) is 0. The highest BCUT2D eigenvalue weighted by Crippen LogP contribution is 2.57. The predicted octanol–water partition coefficient (Wildman–Crippen LogP) is 1.09. The summed E-state index contributed by atoms with van der Waals surface area (Å²) in [6.07, 6.45) is 0.0938. The number of ketones is 1. The van der Waals surface area contributed by atoms with Crippen molar-refractivity contribution in [2.75, 3.05) is 6.61 Å². The molecule has 1 spiro atoms. The third-order valence-electron chi connectivity index (χ3n) is 3.30. The first kappa shape index (κ1) is 7.15. The van der Waals surface area contributed by atoms with Crippen LogP contribution in [0.2, 0.25) is 0 Å². The third-order valence-corrected chi connectivity index (χ3v) is 3.30. The van der Waals surface area contributed by atoms with Crippen molar-refractivity contribution in [3.63, 3.8) is 0 Å². The summed E-state index contributed by atoms with van der Waals surface area (Å²) >= 11 is 0. The molecule has 1 aromatic rings. The molecule has 0 amide bonds. The van der Waals surface area contributed by atoms with Crippen LogP contribution in [0.4, 0.5) is 0 Å². The number of carbonyl (C=O) groups is 1. The minimum absolute atomic E-state index is 0.00935. The van der Waals surface area contributed by atoms with Crippen LogP contribution in [0.15, 0.2) is 24.3 Å². The maximum atomic E-state index is 12.0. The first-order chi connectivity index (χ1) is 6.83. The Morgan fingerprint density at radius 3 is 2.93 bits per heavy atom. The number of epoxide rings is 2. The second kappa shape index (κ2) is 1.92. The predicted molar refractivity (Wildman–Crippen MR) is 47.1 cm³/mol. The number of hydrogen-bond acceptors (Lipinski definition) is 3. The topological polar surface area (TPSA) is 42.1 Å². The van der Waals surface area contributed by atoms with E-state index in [9.17, 15) is 4.79 Å². The summed E-state index contributed by atoms with van der Waals surface area (Å²) in [6.45, 7) is 0.529. The molecule has 3 heteroatoms. The second-order valence-corrected chi connectivity index (χ2v) is 4.07. The van der Waals surface area contributed by atoms with Crippen molar-refractivity contribution >= 4 is 5.78 Å². The highest BCUT2D eigenvalue weighted by molar-refractivity contribution is 6.07. The van der Waals surface area contributed by atoms with Crippen LogP contribution in [-0.4, -0.2) is 24.1 Å². The van der Waals surface area contributed by atoms with E-state index in [2.05, 4.69) is 0 Å². The smallest absolute Gasteiger partial charge is 0.200 e. The quantitative estimate of drug-likeness (QED) is 0.572. The molecule has 2 saturated heterocycles. The van der Waals surface area contributed by atoms with Gasteiger partial charge in [0.2, 0.25) is 0 Å². The van der Waals surface area contributed by atoms with Gasteiger partial charge in [0, 0.05) is 5.56 Å². The fourth-order valence-electron chi connectivity index (χ4n) is 2.39. The number of benzene rings is 1. The normalized spacial score (nSPS) is 41.9. The molecule has 0 radical (unpaired) electrons. The van der Waals surface area contributed by atoms with E-state index in [-0.39, 0.29) is 18.0 Å². The fraction of sp³-hybridized carbons (Fsp3) is 0.364. The molecule has 1 aromatic carbocycles. The summed E-state index contributed by atoms with van der Waals surface area (Å²) < 4.78 is 10.8. The summed E-state index contributed by atoms with van der Waals surface area (Å²) in [7, 11) is 0. The molecule has 3 nitrogen and oxygen atoms in total. The number of carbonyl (C=O) groups excluding carboxylic acids is 1. The Labute approximate surface area is 80.6 Å². The van der Waals surface area contributed by atoms with Crippen LogP contribution in [0, 0.1) is 0 Å². The molecular formula is C11H8O3. The number of ether oxygens (including phenoxy) is 2. The molecule has 3 aliphatic rings. The number of hydrogen-bond donors (Lipinski definition) is 0. The highest BCUT2D eigenvalue weighted by Gasteiger charge is 2.71. The minimum Gasteiger partial charge on any atom is -0.361 e. The first-order valence-corrected chi connectivity index (χ1v) is 4.76. The Bertz CT molecular complexity index is 448. The van der Waals surface area contributed by atoms with E-state index in [1.807, 2.05) is 24.3 Å². The molecule has 0 saturated carbocycles. The van der Waals surface area contributed by atoms with Gasteiger partial charge in [-0.05, 0) is 5.56 Å². The van der Waals surface area contributed by atoms with Gasteiger partial charge in [-0.1, -0.05) is 24.3 Å². The Morgan fingerprint density at radius 1 is 1.36 bits per heavy atom. The average molecular weight is 188 g/mol. The molecule has 0 N–H and O–H groups in total. The summed E-state index contributed by atoms with van der Waals surface area (Å²) in [5.74, 6) is 0.104. The molecule has 4 rings (SSSR count).